The second kappa shape index (κ2) is 8.56. The van der Waals surface area contributed by atoms with Gasteiger partial charge in [-0.25, -0.2) is 4.79 Å². The van der Waals surface area contributed by atoms with Crippen molar-refractivity contribution >= 4 is 41.1 Å². The maximum absolute atomic E-state index is 12.9. The molecule has 2 aromatic rings. The van der Waals surface area contributed by atoms with Gasteiger partial charge in [-0.15, -0.1) is 0 Å². The van der Waals surface area contributed by atoms with Gasteiger partial charge in [-0.1, -0.05) is 17.7 Å². The normalized spacial score (nSPS) is 17.3. The van der Waals surface area contributed by atoms with Crippen LogP contribution in [0.15, 0.2) is 30.3 Å². The van der Waals surface area contributed by atoms with Gasteiger partial charge in [0.2, 0.25) is 11.8 Å². The maximum atomic E-state index is 12.9. The number of nitriles is 1. The summed E-state index contributed by atoms with van der Waals surface area (Å²) in [5, 5.41) is 11.6. The number of fused-ring (bicyclic) bond motifs is 1. The molecule has 1 saturated heterocycles. The quantitative estimate of drug-likeness (QED) is 0.694. The topological polar surface area (TPSA) is 120 Å². The Hall–Kier alpha value is -3.90. The van der Waals surface area contributed by atoms with Gasteiger partial charge in [-0.3, -0.25) is 24.6 Å². The van der Waals surface area contributed by atoms with Crippen LogP contribution in [0, 0.1) is 18.3 Å². The van der Waals surface area contributed by atoms with Crippen LogP contribution in [0.1, 0.15) is 39.9 Å². The van der Waals surface area contributed by atoms with Crippen molar-refractivity contribution in [2.45, 2.75) is 32.4 Å². The Balaban J connectivity index is 1.50. The highest BCUT2D eigenvalue weighted by Crippen LogP contribution is 2.31. The lowest BCUT2D eigenvalue weighted by Gasteiger charge is -2.29. The number of hydrogen-bond acceptors (Lipinski definition) is 6. The van der Waals surface area contributed by atoms with E-state index in [2.05, 4.69) is 5.32 Å². The summed E-state index contributed by atoms with van der Waals surface area (Å²) >= 11 is 6.13. The third-order valence-electron chi connectivity index (χ3n) is 5.75. The molecule has 1 fully saturated rings. The number of ether oxygens (including phenoxy) is 1. The van der Waals surface area contributed by atoms with E-state index in [1.54, 1.807) is 25.1 Å². The maximum Gasteiger partial charge on any atom is 0.419 e. The van der Waals surface area contributed by atoms with E-state index in [9.17, 15) is 19.2 Å². The van der Waals surface area contributed by atoms with Crippen LogP contribution < -0.4 is 15.0 Å². The number of anilines is 1. The number of piperidine rings is 1. The second-order valence-electron chi connectivity index (χ2n) is 7.88. The fourth-order valence-corrected chi connectivity index (χ4v) is 4.24. The molecule has 2 aliphatic heterocycles. The molecule has 0 radical (unpaired) electrons. The number of halogens is 1. The van der Waals surface area contributed by atoms with Crippen molar-refractivity contribution in [2.75, 3.05) is 11.9 Å². The summed E-state index contributed by atoms with van der Waals surface area (Å²) in [6.07, 6.45) is -0.267. The molecule has 2 aliphatic rings. The van der Waals surface area contributed by atoms with Gasteiger partial charge in [0.05, 0.1) is 10.6 Å². The van der Waals surface area contributed by atoms with Crippen LogP contribution in [0.25, 0.3) is 0 Å². The molecule has 0 spiro atoms. The predicted molar refractivity (Wildman–Crippen MR) is 118 cm³/mol. The van der Waals surface area contributed by atoms with Gasteiger partial charge < -0.3 is 9.64 Å². The number of hydrogen-bond donors (Lipinski definition) is 1. The molecule has 0 aliphatic carbocycles. The van der Waals surface area contributed by atoms with Crippen molar-refractivity contribution in [1.29, 1.82) is 5.26 Å². The summed E-state index contributed by atoms with van der Waals surface area (Å²) in [6, 6.07) is 9.15. The number of nitrogens with zero attached hydrogens (tertiary/aromatic N) is 3. The molecule has 4 rings (SSSR count). The zero-order valence-corrected chi connectivity index (χ0v) is 18.6. The average Bonchev–Trinajstić information content (AvgIpc) is 3.08. The minimum absolute atomic E-state index is 0.167. The first kappa shape index (κ1) is 22.3. The molecule has 10 heteroatoms. The number of aryl methyl sites for hydroxylation is 1. The molecule has 2 heterocycles. The molecule has 1 atom stereocenters. The van der Waals surface area contributed by atoms with E-state index in [0.717, 1.165) is 0 Å². The van der Waals surface area contributed by atoms with Crippen molar-refractivity contribution in [3.8, 4) is 11.8 Å². The van der Waals surface area contributed by atoms with Crippen LogP contribution in [0.3, 0.4) is 0 Å². The van der Waals surface area contributed by atoms with Gasteiger partial charge in [0.1, 0.15) is 17.9 Å². The van der Waals surface area contributed by atoms with E-state index < -0.39 is 18.0 Å². The summed E-state index contributed by atoms with van der Waals surface area (Å²) < 4.78 is 5.44. The summed E-state index contributed by atoms with van der Waals surface area (Å²) in [4.78, 5) is 51.8. The van der Waals surface area contributed by atoms with E-state index in [1.165, 1.54) is 29.0 Å². The largest absolute Gasteiger partial charge is 0.419 e. The van der Waals surface area contributed by atoms with Crippen LogP contribution in [0.4, 0.5) is 10.5 Å². The average molecular weight is 467 g/mol. The first-order valence-corrected chi connectivity index (χ1v) is 10.5. The van der Waals surface area contributed by atoms with Crippen molar-refractivity contribution in [2.24, 2.45) is 0 Å². The van der Waals surface area contributed by atoms with Gasteiger partial charge in [0.25, 0.3) is 5.91 Å². The highest BCUT2D eigenvalue weighted by molar-refractivity contribution is 6.32. The second-order valence-corrected chi connectivity index (χ2v) is 8.28. The molecular formula is C23H19ClN4O5. The number of carbonyl (C=O) groups is 4. The molecule has 1 unspecified atom stereocenters. The molecule has 0 saturated carbocycles. The van der Waals surface area contributed by atoms with Gasteiger partial charge in [0, 0.05) is 31.3 Å². The van der Waals surface area contributed by atoms with Crippen LogP contribution in [-0.4, -0.2) is 41.8 Å². The van der Waals surface area contributed by atoms with Gasteiger partial charge in [0.15, 0.2) is 0 Å². The highest BCUT2D eigenvalue weighted by Gasteiger charge is 2.39. The van der Waals surface area contributed by atoms with Crippen LogP contribution in [-0.2, 0) is 16.1 Å². The van der Waals surface area contributed by atoms with Crippen molar-refractivity contribution in [3.63, 3.8) is 0 Å². The monoisotopic (exact) mass is 466 g/mol. The van der Waals surface area contributed by atoms with Gasteiger partial charge in [-0.2, -0.15) is 5.26 Å². The fourth-order valence-electron chi connectivity index (χ4n) is 3.93. The Kier molecular flexibility index (Phi) is 5.78. The van der Waals surface area contributed by atoms with Crippen LogP contribution in [0.5, 0.6) is 5.75 Å². The van der Waals surface area contributed by atoms with Crippen LogP contribution >= 0.6 is 11.6 Å². The number of amides is 4. The fraction of sp³-hybridized carbons (Fsp3) is 0.261. The highest BCUT2D eigenvalue weighted by atomic mass is 35.5. The molecule has 9 nitrogen and oxygen atoms in total. The third-order valence-corrected chi connectivity index (χ3v) is 6.05. The van der Waals surface area contributed by atoms with Gasteiger partial charge >= 0.3 is 6.09 Å². The predicted octanol–water partition coefficient (Wildman–Crippen LogP) is 2.92. The van der Waals surface area contributed by atoms with Gasteiger partial charge in [-0.05, 0) is 48.7 Å². The first-order chi connectivity index (χ1) is 15.7. The molecule has 2 aromatic carbocycles. The number of carbonyl (C=O) groups excluding carboxylic acids is 4. The molecule has 4 amide bonds. The number of benzene rings is 2. The Labute approximate surface area is 194 Å². The summed E-state index contributed by atoms with van der Waals surface area (Å²) in [7, 11) is 1.50. The standard InChI is InChI=1S/C23H19ClN4O5/c1-12-7-14(8-18(24)17(12)10-25)27(2)23(32)33-15-4-3-13-11-28(22(31)16(13)9-15)19-5-6-20(29)26-21(19)30/h3-4,7-9,19H,5-6,11H2,1-2H3,(H,26,29,30). The minimum Gasteiger partial charge on any atom is -0.410 e. The molecule has 0 bridgehead atoms. The number of nitrogens with one attached hydrogen (secondary N) is 1. The Morgan fingerprint density at radius 1 is 1.27 bits per heavy atom. The molecule has 1 N–H and O–H groups in total. The minimum atomic E-state index is -0.718. The van der Waals surface area contributed by atoms with E-state index in [1.807, 2.05) is 6.07 Å². The first-order valence-electron chi connectivity index (χ1n) is 10.1. The van der Waals surface area contributed by atoms with Crippen molar-refractivity contribution < 1.29 is 23.9 Å². The molecule has 0 aromatic heterocycles. The summed E-state index contributed by atoms with van der Waals surface area (Å²) in [5.41, 5.74) is 2.44. The Morgan fingerprint density at radius 2 is 2.03 bits per heavy atom. The lowest BCUT2D eigenvalue weighted by atomic mass is 10.0. The van der Waals surface area contributed by atoms with E-state index in [0.29, 0.717) is 27.9 Å². The zero-order valence-electron chi connectivity index (χ0n) is 17.8. The summed E-state index contributed by atoms with van der Waals surface area (Å²) in [5.74, 6) is -1.03. The third kappa shape index (κ3) is 4.13. The number of imide groups is 1. The summed E-state index contributed by atoms with van der Waals surface area (Å²) in [6.45, 7) is 1.95. The van der Waals surface area contributed by atoms with E-state index in [-0.39, 0.29) is 42.0 Å². The van der Waals surface area contributed by atoms with E-state index in [4.69, 9.17) is 21.6 Å². The van der Waals surface area contributed by atoms with Crippen molar-refractivity contribution in [1.82, 2.24) is 10.2 Å². The smallest absolute Gasteiger partial charge is 0.410 e. The lowest BCUT2D eigenvalue weighted by molar-refractivity contribution is -0.136. The molecule has 33 heavy (non-hydrogen) atoms. The van der Waals surface area contributed by atoms with E-state index >= 15 is 0 Å². The lowest BCUT2D eigenvalue weighted by Crippen LogP contribution is -2.52. The van der Waals surface area contributed by atoms with Crippen molar-refractivity contribution in [3.05, 3.63) is 57.6 Å². The zero-order chi connectivity index (χ0) is 23.9. The number of rotatable bonds is 3. The molecular weight excluding hydrogens is 448 g/mol. The van der Waals surface area contributed by atoms with Crippen LogP contribution in [0.2, 0.25) is 5.02 Å². The SMILES string of the molecule is Cc1cc(N(C)C(=O)Oc2ccc3c(c2)C(=O)N(C2CCC(=O)NC2=O)C3)cc(Cl)c1C#N. The Bertz CT molecular complexity index is 1230. The Morgan fingerprint density at radius 3 is 2.70 bits per heavy atom. The molecule has 168 valence electrons.